The van der Waals surface area contributed by atoms with Gasteiger partial charge in [-0.05, 0) is 19.1 Å². The van der Waals surface area contributed by atoms with Gasteiger partial charge >= 0.3 is 0 Å². The molecule has 0 bridgehead atoms. The van der Waals surface area contributed by atoms with Crippen LogP contribution in [0.5, 0.6) is 0 Å². The molecule has 1 aromatic rings. The predicted octanol–water partition coefficient (Wildman–Crippen LogP) is 1.86. The average Bonchev–Trinajstić information content (AvgIpc) is 2.97. The maximum atomic E-state index is 10.4. The first kappa shape index (κ1) is 9.11. The summed E-state index contributed by atoms with van der Waals surface area (Å²) in [5.41, 5.74) is 1.06. The van der Waals surface area contributed by atoms with E-state index < -0.39 is 4.92 Å². The summed E-state index contributed by atoms with van der Waals surface area (Å²) >= 11 is 0. The van der Waals surface area contributed by atoms with Gasteiger partial charge in [0.25, 0.3) is 5.69 Å². The fourth-order valence-electron chi connectivity index (χ4n) is 1.33. The Morgan fingerprint density at radius 2 is 2.14 bits per heavy atom. The second-order valence-electron chi connectivity index (χ2n) is 3.04. The molecule has 2 unspecified atom stereocenters. The van der Waals surface area contributed by atoms with Gasteiger partial charge < -0.3 is 0 Å². The fraction of sp³-hybridized carbons (Fsp3) is 0.333. The van der Waals surface area contributed by atoms with Crippen molar-refractivity contribution in [1.29, 1.82) is 0 Å². The van der Waals surface area contributed by atoms with Crippen molar-refractivity contribution in [3.05, 3.63) is 39.9 Å². The number of rotatable bonds is 3. The Bertz CT molecular complexity index is 350. The topological polar surface area (TPSA) is 58.7 Å². The van der Waals surface area contributed by atoms with Gasteiger partial charge in [-0.2, -0.15) is 5.06 Å². The Morgan fingerprint density at radius 3 is 2.57 bits per heavy atom. The number of non-ortho nitro benzene ring substituents is 1. The molecule has 5 heteroatoms. The molecule has 5 nitrogen and oxygen atoms in total. The Kier molecular flexibility index (Phi) is 2.18. The largest absolute Gasteiger partial charge is 0.270 e. The quantitative estimate of drug-likeness (QED) is 0.418. The van der Waals surface area contributed by atoms with E-state index in [9.17, 15) is 10.1 Å². The van der Waals surface area contributed by atoms with Crippen molar-refractivity contribution in [2.45, 2.75) is 13.2 Å². The highest BCUT2D eigenvalue weighted by molar-refractivity contribution is 5.34. The molecule has 0 N–H and O–H groups in total. The maximum absolute atomic E-state index is 10.4. The molecular formula is C9H10N2O3. The van der Waals surface area contributed by atoms with E-state index in [2.05, 4.69) is 0 Å². The Hall–Kier alpha value is -1.46. The van der Waals surface area contributed by atoms with Crippen LogP contribution in [0.15, 0.2) is 24.3 Å². The van der Waals surface area contributed by atoms with Crippen molar-refractivity contribution in [2.75, 3.05) is 6.54 Å². The van der Waals surface area contributed by atoms with Gasteiger partial charge in [-0.1, -0.05) is 0 Å². The highest BCUT2D eigenvalue weighted by Gasteiger charge is 2.36. The third-order valence-corrected chi connectivity index (χ3v) is 2.15. The van der Waals surface area contributed by atoms with Crippen LogP contribution in [0.2, 0.25) is 0 Å². The molecular weight excluding hydrogens is 184 g/mol. The molecule has 2 rings (SSSR count). The predicted molar refractivity (Wildman–Crippen MR) is 49.3 cm³/mol. The highest BCUT2D eigenvalue weighted by Crippen LogP contribution is 2.36. The summed E-state index contributed by atoms with van der Waals surface area (Å²) in [7, 11) is 0. The third-order valence-electron chi connectivity index (χ3n) is 2.15. The van der Waals surface area contributed by atoms with Gasteiger partial charge in [0.1, 0.15) is 0 Å². The molecule has 0 aromatic heterocycles. The zero-order valence-electron chi connectivity index (χ0n) is 7.71. The third kappa shape index (κ3) is 1.59. The monoisotopic (exact) mass is 194 g/mol. The molecule has 0 radical (unpaired) electrons. The number of nitro benzene ring substituents is 1. The molecule has 1 aliphatic rings. The van der Waals surface area contributed by atoms with Crippen molar-refractivity contribution in [1.82, 2.24) is 5.06 Å². The molecule has 1 aromatic carbocycles. The second kappa shape index (κ2) is 3.36. The molecule has 0 amide bonds. The van der Waals surface area contributed by atoms with Crippen LogP contribution in [-0.2, 0) is 4.84 Å². The van der Waals surface area contributed by atoms with Crippen LogP contribution in [0.3, 0.4) is 0 Å². The average molecular weight is 194 g/mol. The lowest BCUT2D eigenvalue weighted by molar-refractivity contribution is -0.384. The molecule has 1 aliphatic heterocycles. The molecule has 0 aliphatic carbocycles. The molecule has 2 atom stereocenters. The number of nitrogens with zero attached hydrogens (tertiary/aromatic N) is 2. The van der Waals surface area contributed by atoms with Crippen molar-refractivity contribution in [3.8, 4) is 0 Å². The van der Waals surface area contributed by atoms with Gasteiger partial charge in [0.2, 0.25) is 0 Å². The summed E-state index contributed by atoms with van der Waals surface area (Å²) in [6.07, 6.45) is -0.0131. The fourth-order valence-corrected chi connectivity index (χ4v) is 1.33. The Morgan fingerprint density at radius 1 is 1.50 bits per heavy atom. The van der Waals surface area contributed by atoms with Gasteiger partial charge in [0.15, 0.2) is 6.23 Å². The Labute approximate surface area is 81.0 Å². The van der Waals surface area contributed by atoms with E-state index in [1.165, 1.54) is 12.1 Å². The molecule has 14 heavy (non-hydrogen) atoms. The van der Waals surface area contributed by atoms with Crippen molar-refractivity contribution in [2.24, 2.45) is 0 Å². The summed E-state index contributed by atoms with van der Waals surface area (Å²) in [6.45, 7) is 2.81. The number of hydrogen-bond donors (Lipinski definition) is 0. The Balaban J connectivity index is 2.11. The lowest BCUT2D eigenvalue weighted by Crippen LogP contribution is -1.95. The lowest BCUT2D eigenvalue weighted by atomic mass is 10.2. The number of hydrogen-bond acceptors (Lipinski definition) is 4. The first-order chi connectivity index (χ1) is 6.72. The van der Waals surface area contributed by atoms with Crippen LogP contribution >= 0.6 is 0 Å². The summed E-state index contributed by atoms with van der Waals surface area (Å²) in [6, 6.07) is 6.42. The van der Waals surface area contributed by atoms with Gasteiger partial charge in [-0.3, -0.25) is 15.0 Å². The van der Waals surface area contributed by atoms with Crippen LogP contribution in [0, 0.1) is 10.1 Å². The number of nitro groups is 1. The molecule has 1 saturated heterocycles. The van der Waals surface area contributed by atoms with Crippen molar-refractivity contribution < 1.29 is 9.76 Å². The van der Waals surface area contributed by atoms with Crippen LogP contribution in [0.1, 0.15) is 18.7 Å². The van der Waals surface area contributed by atoms with Gasteiger partial charge in [0, 0.05) is 24.2 Å². The zero-order chi connectivity index (χ0) is 10.1. The minimum Gasteiger partial charge on any atom is -0.270 e. The van der Waals surface area contributed by atoms with E-state index in [-0.39, 0.29) is 11.9 Å². The molecule has 0 spiro atoms. The minimum absolute atomic E-state index is 0.0131. The van der Waals surface area contributed by atoms with E-state index >= 15 is 0 Å². The normalized spacial score (nSPS) is 24.6. The van der Waals surface area contributed by atoms with Crippen LogP contribution in [0.4, 0.5) is 5.69 Å². The first-order valence-corrected chi connectivity index (χ1v) is 4.40. The number of hydroxylamine groups is 2. The summed E-state index contributed by atoms with van der Waals surface area (Å²) < 4.78 is 0. The molecule has 1 fully saturated rings. The molecule has 1 heterocycles. The summed E-state index contributed by atoms with van der Waals surface area (Å²) in [4.78, 5) is 15.2. The second-order valence-corrected chi connectivity index (χ2v) is 3.04. The first-order valence-electron chi connectivity index (χ1n) is 4.40. The van der Waals surface area contributed by atoms with E-state index in [0.717, 1.165) is 12.1 Å². The smallest absolute Gasteiger partial charge is 0.269 e. The van der Waals surface area contributed by atoms with Gasteiger partial charge in [0.05, 0.1) is 4.92 Å². The minimum atomic E-state index is -0.408. The summed E-state index contributed by atoms with van der Waals surface area (Å²) in [5, 5.41) is 12.2. The molecule has 74 valence electrons. The standard InChI is InChI=1S/C9H10N2O3/c1-2-10-9(14-10)7-3-5-8(6-4-7)11(12)13/h3-6,9H,2H2,1H3. The lowest BCUT2D eigenvalue weighted by Gasteiger charge is -1.94. The summed E-state index contributed by atoms with van der Waals surface area (Å²) in [5.74, 6) is 0. The van der Waals surface area contributed by atoms with Crippen molar-refractivity contribution >= 4 is 5.69 Å². The van der Waals surface area contributed by atoms with E-state index in [1.54, 1.807) is 17.2 Å². The van der Waals surface area contributed by atoms with Crippen LogP contribution < -0.4 is 0 Å². The van der Waals surface area contributed by atoms with Crippen molar-refractivity contribution in [3.63, 3.8) is 0 Å². The maximum Gasteiger partial charge on any atom is 0.269 e. The SMILES string of the molecule is CCN1OC1c1ccc([N+](=O)[O-])cc1. The zero-order valence-corrected chi connectivity index (χ0v) is 7.71. The van der Waals surface area contributed by atoms with Crippen LogP contribution in [0.25, 0.3) is 0 Å². The van der Waals surface area contributed by atoms with Crippen LogP contribution in [-0.4, -0.2) is 16.5 Å². The molecule has 0 saturated carbocycles. The van der Waals surface area contributed by atoms with E-state index in [0.29, 0.717) is 0 Å². The highest BCUT2D eigenvalue weighted by atomic mass is 16.8. The van der Waals surface area contributed by atoms with Gasteiger partial charge in [-0.15, -0.1) is 0 Å². The number of benzene rings is 1. The van der Waals surface area contributed by atoms with E-state index in [1.807, 2.05) is 6.92 Å². The van der Waals surface area contributed by atoms with E-state index in [4.69, 9.17) is 4.84 Å². The van der Waals surface area contributed by atoms with Gasteiger partial charge in [-0.25, -0.2) is 0 Å².